The van der Waals surface area contributed by atoms with Crippen LogP contribution in [0.1, 0.15) is 0 Å². The summed E-state index contributed by atoms with van der Waals surface area (Å²) in [4.78, 5) is 32.0. The number of anilines is 1. The summed E-state index contributed by atoms with van der Waals surface area (Å²) >= 11 is 0. The molecular formula is C19H21N6Na2O4P. The van der Waals surface area contributed by atoms with Gasteiger partial charge in [-0.3, -0.25) is 4.90 Å². The zero-order chi connectivity index (χ0) is 21.7. The Morgan fingerprint density at radius 1 is 1.22 bits per heavy atom. The molecule has 13 heteroatoms. The van der Waals surface area contributed by atoms with E-state index >= 15 is 0 Å². The van der Waals surface area contributed by atoms with Crippen LogP contribution in [0, 0.1) is 11.3 Å². The Balaban J connectivity index is 0.00000256. The fourth-order valence-electron chi connectivity index (χ4n) is 3.19. The minimum absolute atomic E-state index is 0. The molecule has 0 unspecified atom stereocenters. The number of methoxy groups -OCH3 is 1. The van der Waals surface area contributed by atoms with Crippen molar-refractivity contribution < 1.29 is 78.2 Å². The third-order valence-corrected chi connectivity index (χ3v) is 5.47. The number of fused-ring (bicyclic) bond motifs is 1. The van der Waals surface area contributed by atoms with Crippen LogP contribution in [-0.4, -0.2) is 52.3 Å². The van der Waals surface area contributed by atoms with Crippen molar-refractivity contribution in [3.63, 3.8) is 0 Å². The predicted octanol–water partition coefficient (Wildman–Crippen LogP) is -5.56. The smallest absolute Gasteiger partial charge is 0.811 e. The van der Waals surface area contributed by atoms with Crippen LogP contribution in [0.5, 0.6) is 5.75 Å². The normalized spacial score (nSPS) is 11.0. The van der Waals surface area contributed by atoms with Crippen LogP contribution in [0.15, 0.2) is 36.8 Å². The fourth-order valence-corrected chi connectivity index (χ4v) is 3.72. The summed E-state index contributed by atoms with van der Waals surface area (Å²) in [6, 6.07) is 9.50. The van der Waals surface area contributed by atoms with Crippen LogP contribution in [0.25, 0.3) is 22.2 Å². The van der Waals surface area contributed by atoms with Crippen molar-refractivity contribution in [1.29, 1.82) is 5.26 Å². The number of nitriles is 1. The summed E-state index contributed by atoms with van der Waals surface area (Å²) in [6.45, 7) is 0.803. The Hall–Kier alpha value is -0.960. The standard InChI is InChI=1S/C19H23N6O4P.2Na/c1-29-15-4-2-14(3-5-15)16-12-25(19-17(16)18(21)22-13-23-19)9-8-24(7-6-20)10-11-30(26,27)28;;/h2-5,12-13H,7-11H2,1H3,(H2,21,22,23)(H2,26,27,28);;/q;2*+1/p-2. The van der Waals surface area contributed by atoms with Gasteiger partial charge < -0.3 is 29.4 Å². The van der Waals surface area contributed by atoms with Crippen molar-refractivity contribution in [3.8, 4) is 22.9 Å². The number of ether oxygens (including phenoxy) is 1. The molecule has 2 N–H and O–H groups in total. The Bertz CT molecular complexity index is 1110. The van der Waals surface area contributed by atoms with Crippen molar-refractivity contribution in [2.24, 2.45) is 0 Å². The Labute approximate surface area is 230 Å². The topological polar surface area (TPSA) is 156 Å². The number of nitrogens with zero attached hydrogens (tertiary/aromatic N) is 5. The second-order valence-corrected chi connectivity index (χ2v) is 8.36. The fraction of sp³-hybridized carbons (Fsp3) is 0.316. The molecule has 32 heavy (non-hydrogen) atoms. The molecular weight excluding hydrogens is 453 g/mol. The van der Waals surface area contributed by atoms with Gasteiger partial charge in [-0.1, -0.05) is 19.7 Å². The summed E-state index contributed by atoms with van der Waals surface area (Å²) < 4.78 is 18.0. The summed E-state index contributed by atoms with van der Waals surface area (Å²) in [5.41, 5.74) is 8.51. The van der Waals surface area contributed by atoms with E-state index in [4.69, 9.17) is 15.7 Å². The maximum Gasteiger partial charge on any atom is 1.00 e. The maximum atomic E-state index is 11.0. The summed E-state index contributed by atoms with van der Waals surface area (Å²) in [5.74, 6) is 1.07. The SMILES string of the molecule is COc1ccc(-c2cn(CCN(CC#N)CCP(=O)([O-])[O-])c3ncnc(N)c23)cc1.[Na+].[Na+]. The van der Waals surface area contributed by atoms with Crippen LogP contribution < -0.4 is 79.4 Å². The second kappa shape index (κ2) is 13.1. The van der Waals surface area contributed by atoms with Crippen molar-refractivity contribution in [2.75, 3.05) is 38.6 Å². The third-order valence-electron chi connectivity index (χ3n) is 4.73. The molecule has 158 valence electrons. The van der Waals surface area contributed by atoms with E-state index in [1.807, 2.05) is 41.1 Å². The van der Waals surface area contributed by atoms with E-state index in [0.717, 1.165) is 16.9 Å². The molecule has 0 aliphatic heterocycles. The van der Waals surface area contributed by atoms with Gasteiger partial charge in [-0.2, -0.15) is 5.26 Å². The molecule has 0 radical (unpaired) electrons. The quantitative estimate of drug-likeness (QED) is 0.182. The second-order valence-electron chi connectivity index (χ2n) is 6.69. The van der Waals surface area contributed by atoms with Crippen molar-refractivity contribution in [1.82, 2.24) is 19.4 Å². The Morgan fingerprint density at radius 2 is 1.91 bits per heavy atom. The van der Waals surface area contributed by atoms with Gasteiger partial charge in [0.2, 0.25) is 0 Å². The van der Waals surface area contributed by atoms with E-state index in [1.54, 1.807) is 12.0 Å². The first-order chi connectivity index (χ1) is 14.3. The zero-order valence-corrected chi connectivity index (χ0v) is 23.3. The molecule has 0 spiro atoms. The molecule has 0 aliphatic carbocycles. The summed E-state index contributed by atoms with van der Waals surface area (Å²) in [6.07, 6.45) is 2.76. The van der Waals surface area contributed by atoms with Crippen LogP contribution in [0.4, 0.5) is 5.82 Å². The number of hydrogen-bond acceptors (Lipinski definition) is 9. The minimum Gasteiger partial charge on any atom is -0.811 e. The van der Waals surface area contributed by atoms with Crippen LogP contribution in [-0.2, 0) is 11.1 Å². The van der Waals surface area contributed by atoms with Gasteiger partial charge in [-0.15, -0.1) is 0 Å². The summed E-state index contributed by atoms with van der Waals surface area (Å²) in [5, 5.41) is 9.70. The number of nitrogen functional groups attached to an aromatic ring is 1. The van der Waals surface area contributed by atoms with E-state index in [1.165, 1.54) is 6.33 Å². The molecule has 0 atom stereocenters. The molecule has 0 amide bonds. The van der Waals surface area contributed by atoms with Gasteiger partial charge in [0.1, 0.15) is 23.5 Å². The van der Waals surface area contributed by atoms with E-state index in [2.05, 4.69) is 9.97 Å². The minimum atomic E-state index is -4.63. The molecule has 0 saturated heterocycles. The molecule has 2 heterocycles. The van der Waals surface area contributed by atoms with Gasteiger partial charge in [-0.25, -0.2) is 9.97 Å². The maximum absolute atomic E-state index is 11.0. The van der Waals surface area contributed by atoms with Crippen molar-refractivity contribution in [3.05, 3.63) is 36.8 Å². The molecule has 0 fully saturated rings. The van der Waals surface area contributed by atoms with Crippen LogP contribution in [0.2, 0.25) is 0 Å². The van der Waals surface area contributed by atoms with E-state index < -0.39 is 13.8 Å². The number of aromatic nitrogens is 3. The average Bonchev–Trinajstić information content (AvgIpc) is 3.09. The molecule has 0 aliphatic rings. The first-order valence-electron chi connectivity index (χ1n) is 9.16. The first-order valence-corrected chi connectivity index (χ1v) is 10.9. The van der Waals surface area contributed by atoms with E-state index in [9.17, 15) is 14.4 Å². The molecule has 2 aromatic heterocycles. The molecule has 1 aromatic carbocycles. The molecule has 0 saturated carbocycles. The number of nitrogens with two attached hydrogens (primary N) is 1. The molecule has 3 aromatic rings. The van der Waals surface area contributed by atoms with Gasteiger partial charge in [0.15, 0.2) is 0 Å². The number of hydrogen-bond donors (Lipinski definition) is 1. The van der Waals surface area contributed by atoms with E-state index in [0.29, 0.717) is 29.9 Å². The molecule has 10 nitrogen and oxygen atoms in total. The number of rotatable bonds is 9. The van der Waals surface area contributed by atoms with Gasteiger partial charge in [-0.05, 0) is 23.9 Å². The molecule has 0 bridgehead atoms. The predicted molar refractivity (Wildman–Crippen MR) is 108 cm³/mol. The third kappa shape index (κ3) is 7.54. The van der Waals surface area contributed by atoms with Gasteiger partial charge in [0, 0.05) is 31.4 Å². The Kier molecular flexibility index (Phi) is 11.9. The average molecular weight is 474 g/mol. The van der Waals surface area contributed by atoms with Gasteiger partial charge in [0.25, 0.3) is 0 Å². The van der Waals surface area contributed by atoms with Crippen molar-refractivity contribution >= 4 is 24.4 Å². The van der Waals surface area contributed by atoms with E-state index in [-0.39, 0.29) is 72.2 Å². The summed E-state index contributed by atoms with van der Waals surface area (Å²) in [7, 11) is -3.04. The molecule has 3 rings (SSSR count). The Morgan fingerprint density at radius 3 is 2.50 bits per heavy atom. The van der Waals surface area contributed by atoms with Crippen LogP contribution in [0.3, 0.4) is 0 Å². The largest absolute Gasteiger partial charge is 1.00 e. The van der Waals surface area contributed by atoms with Gasteiger partial charge in [0.05, 0.1) is 25.1 Å². The van der Waals surface area contributed by atoms with Gasteiger partial charge >= 0.3 is 59.1 Å². The zero-order valence-electron chi connectivity index (χ0n) is 18.4. The monoisotopic (exact) mass is 474 g/mol. The first kappa shape index (κ1) is 29.1. The van der Waals surface area contributed by atoms with Crippen molar-refractivity contribution in [2.45, 2.75) is 6.54 Å². The number of benzene rings is 1. The van der Waals surface area contributed by atoms with Crippen LogP contribution >= 0.6 is 7.60 Å².